The van der Waals surface area contributed by atoms with Gasteiger partial charge in [0.1, 0.15) is 0 Å². The van der Waals surface area contributed by atoms with Crippen LogP contribution in [0.3, 0.4) is 0 Å². The lowest BCUT2D eigenvalue weighted by molar-refractivity contribution is 0.101. The first kappa shape index (κ1) is 14.7. The zero-order valence-electron chi connectivity index (χ0n) is 11.6. The van der Waals surface area contributed by atoms with Gasteiger partial charge >= 0.3 is 0 Å². The molecule has 0 N–H and O–H groups in total. The van der Waals surface area contributed by atoms with Crippen LogP contribution in [-0.2, 0) is 10.7 Å². The van der Waals surface area contributed by atoms with Crippen molar-refractivity contribution in [3.8, 4) is 0 Å². The van der Waals surface area contributed by atoms with Crippen LogP contribution in [0.1, 0.15) is 28.4 Å². The molecule has 21 heavy (non-hydrogen) atoms. The predicted molar refractivity (Wildman–Crippen MR) is 96.7 cm³/mol. The molecule has 0 spiro atoms. The number of benzene rings is 3. The summed E-state index contributed by atoms with van der Waals surface area (Å²) in [7, 11) is 0. The highest BCUT2D eigenvalue weighted by molar-refractivity contribution is 9.08. The van der Waals surface area contributed by atoms with Gasteiger partial charge in [-0.2, -0.15) is 0 Å². The van der Waals surface area contributed by atoms with Gasteiger partial charge in [0.2, 0.25) is 0 Å². The molecular formula is C18H14Br2O. The van der Waals surface area contributed by atoms with Crippen molar-refractivity contribution in [1.29, 1.82) is 0 Å². The van der Waals surface area contributed by atoms with E-state index in [1.807, 2.05) is 12.1 Å². The average Bonchev–Trinajstić information content (AvgIpc) is 2.51. The van der Waals surface area contributed by atoms with Crippen molar-refractivity contribution in [3.63, 3.8) is 0 Å². The lowest BCUT2D eigenvalue weighted by Gasteiger charge is -2.15. The summed E-state index contributed by atoms with van der Waals surface area (Å²) < 4.78 is 0. The van der Waals surface area contributed by atoms with Gasteiger partial charge in [0.25, 0.3) is 0 Å². The van der Waals surface area contributed by atoms with Gasteiger partial charge in [-0.25, -0.2) is 0 Å². The number of hydrogen-bond donors (Lipinski definition) is 0. The van der Waals surface area contributed by atoms with Crippen LogP contribution in [0.15, 0.2) is 42.5 Å². The van der Waals surface area contributed by atoms with Gasteiger partial charge in [0.15, 0.2) is 5.78 Å². The molecule has 0 fully saturated rings. The smallest absolute Gasteiger partial charge is 0.159 e. The van der Waals surface area contributed by atoms with Gasteiger partial charge in [-0.1, -0.05) is 68.3 Å². The fourth-order valence-electron chi connectivity index (χ4n) is 2.86. The summed E-state index contributed by atoms with van der Waals surface area (Å²) in [6, 6.07) is 14.5. The Morgan fingerprint density at radius 1 is 0.857 bits per heavy atom. The maximum absolute atomic E-state index is 11.7. The topological polar surface area (TPSA) is 17.1 Å². The van der Waals surface area contributed by atoms with Crippen LogP contribution in [-0.4, -0.2) is 5.78 Å². The summed E-state index contributed by atoms with van der Waals surface area (Å²) in [6.07, 6.45) is 0. The molecule has 3 heteroatoms. The lowest BCUT2D eigenvalue weighted by Crippen LogP contribution is -1.96. The van der Waals surface area contributed by atoms with Crippen LogP contribution in [0.4, 0.5) is 0 Å². The average molecular weight is 406 g/mol. The van der Waals surface area contributed by atoms with E-state index in [0.29, 0.717) is 0 Å². The van der Waals surface area contributed by atoms with E-state index in [4.69, 9.17) is 0 Å². The van der Waals surface area contributed by atoms with Crippen LogP contribution >= 0.6 is 31.9 Å². The molecule has 1 nitrogen and oxygen atoms in total. The van der Waals surface area contributed by atoms with Crippen LogP contribution in [0.5, 0.6) is 0 Å². The zero-order chi connectivity index (χ0) is 15.0. The van der Waals surface area contributed by atoms with E-state index in [9.17, 15) is 4.79 Å². The van der Waals surface area contributed by atoms with Crippen LogP contribution < -0.4 is 0 Å². The summed E-state index contributed by atoms with van der Waals surface area (Å²) in [6.45, 7) is 1.61. The number of Topliss-reactive ketones (excluding diaryl/α,β-unsaturated/α-hetero) is 1. The molecule has 0 amide bonds. The first-order chi connectivity index (χ1) is 10.2. The number of carbonyl (C=O) groups excluding carboxylic acids is 1. The highest BCUT2D eigenvalue weighted by Gasteiger charge is 2.13. The Morgan fingerprint density at radius 2 is 1.38 bits per heavy atom. The van der Waals surface area contributed by atoms with E-state index in [1.165, 1.54) is 27.3 Å². The molecule has 3 rings (SSSR count). The third kappa shape index (κ3) is 2.43. The Morgan fingerprint density at radius 3 is 1.90 bits per heavy atom. The van der Waals surface area contributed by atoms with Gasteiger partial charge in [-0.3, -0.25) is 4.79 Å². The van der Waals surface area contributed by atoms with Gasteiger partial charge in [0, 0.05) is 16.2 Å². The maximum Gasteiger partial charge on any atom is 0.159 e. The van der Waals surface area contributed by atoms with E-state index in [0.717, 1.165) is 21.6 Å². The van der Waals surface area contributed by atoms with Gasteiger partial charge in [-0.05, 0) is 45.7 Å². The van der Waals surface area contributed by atoms with Crippen molar-refractivity contribution < 1.29 is 4.79 Å². The van der Waals surface area contributed by atoms with Crippen molar-refractivity contribution >= 4 is 59.2 Å². The highest BCUT2D eigenvalue weighted by Crippen LogP contribution is 2.35. The lowest BCUT2D eigenvalue weighted by atomic mass is 9.91. The summed E-state index contributed by atoms with van der Waals surface area (Å²) in [5, 5.41) is 6.46. The minimum Gasteiger partial charge on any atom is -0.295 e. The summed E-state index contributed by atoms with van der Waals surface area (Å²) >= 11 is 7.23. The van der Waals surface area contributed by atoms with E-state index < -0.39 is 0 Å². The Kier molecular flexibility index (Phi) is 4.14. The third-order valence-electron chi connectivity index (χ3n) is 3.92. The summed E-state index contributed by atoms with van der Waals surface area (Å²) in [4.78, 5) is 11.7. The standard InChI is InChI=1S/C18H14Br2O/c1-11(21)12-6-7-15-16(8-12)18(10-20)14-5-3-2-4-13(14)17(15)9-19/h2-8H,9-10H2,1H3. The molecule has 0 unspecified atom stereocenters. The van der Waals surface area contributed by atoms with Crippen LogP contribution in [0, 0.1) is 0 Å². The second kappa shape index (κ2) is 5.90. The van der Waals surface area contributed by atoms with Crippen molar-refractivity contribution in [2.24, 2.45) is 0 Å². The zero-order valence-corrected chi connectivity index (χ0v) is 14.8. The van der Waals surface area contributed by atoms with Crippen molar-refractivity contribution in [3.05, 3.63) is 59.2 Å². The monoisotopic (exact) mass is 404 g/mol. The van der Waals surface area contributed by atoms with Crippen molar-refractivity contribution in [1.82, 2.24) is 0 Å². The molecule has 0 bridgehead atoms. The van der Waals surface area contributed by atoms with Crippen LogP contribution in [0.2, 0.25) is 0 Å². The molecule has 0 aliphatic rings. The normalized spacial score (nSPS) is 11.2. The van der Waals surface area contributed by atoms with Crippen LogP contribution in [0.25, 0.3) is 21.5 Å². The van der Waals surface area contributed by atoms with Gasteiger partial charge in [-0.15, -0.1) is 0 Å². The summed E-state index contributed by atoms with van der Waals surface area (Å²) in [5.41, 5.74) is 3.29. The van der Waals surface area contributed by atoms with Crippen molar-refractivity contribution in [2.75, 3.05) is 0 Å². The van der Waals surface area contributed by atoms with Crippen molar-refractivity contribution in [2.45, 2.75) is 17.6 Å². The first-order valence-corrected chi connectivity index (χ1v) is 9.00. The van der Waals surface area contributed by atoms with Gasteiger partial charge < -0.3 is 0 Å². The molecule has 0 saturated heterocycles. The Hall–Kier alpha value is -1.19. The molecule has 0 saturated carbocycles. The minimum atomic E-state index is 0.103. The van der Waals surface area contributed by atoms with E-state index in [-0.39, 0.29) is 5.78 Å². The van der Waals surface area contributed by atoms with Gasteiger partial charge in [0.05, 0.1) is 0 Å². The molecule has 0 radical (unpaired) electrons. The molecule has 106 valence electrons. The Bertz CT molecular complexity index is 853. The molecule has 0 atom stereocenters. The number of hydrogen-bond acceptors (Lipinski definition) is 1. The number of halogens is 2. The number of ketones is 1. The second-order valence-corrected chi connectivity index (χ2v) is 6.21. The molecular weight excluding hydrogens is 392 g/mol. The molecule has 0 heterocycles. The van der Waals surface area contributed by atoms with E-state index in [1.54, 1.807) is 6.92 Å². The largest absolute Gasteiger partial charge is 0.295 e. The second-order valence-electron chi connectivity index (χ2n) is 5.09. The molecule has 0 aromatic heterocycles. The number of carbonyl (C=O) groups is 1. The molecule has 0 aliphatic heterocycles. The highest BCUT2D eigenvalue weighted by atomic mass is 79.9. The first-order valence-electron chi connectivity index (χ1n) is 6.76. The number of rotatable bonds is 3. The van der Waals surface area contributed by atoms with E-state index in [2.05, 4.69) is 62.2 Å². The third-order valence-corrected chi connectivity index (χ3v) is 5.04. The van der Waals surface area contributed by atoms with E-state index >= 15 is 0 Å². The number of fused-ring (bicyclic) bond motifs is 2. The quantitative estimate of drug-likeness (QED) is 0.297. The summed E-state index contributed by atoms with van der Waals surface area (Å²) in [5.74, 6) is 0.103. The Balaban J connectivity index is 2.54. The maximum atomic E-state index is 11.7. The SMILES string of the molecule is CC(=O)c1ccc2c(CBr)c3ccccc3c(CBr)c2c1. The fourth-order valence-corrected chi connectivity index (χ4v) is 4.07. The predicted octanol–water partition coefficient (Wildman–Crippen LogP) is 5.99. The fraction of sp³-hybridized carbons (Fsp3) is 0.167. The molecule has 3 aromatic carbocycles. The number of alkyl halides is 2. The Labute approximate surface area is 140 Å². The minimum absolute atomic E-state index is 0.103. The molecule has 0 aliphatic carbocycles. The molecule has 3 aromatic rings.